The van der Waals surface area contributed by atoms with Gasteiger partial charge in [-0.25, -0.2) is 4.98 Å². The van der Waals surface area contributed by atoms with E-state index in [9.17, 15) is 4.79 Å². The molecule has 0 aliphatic heterocycles. The van der Waals surface area contributed by atoms with Gasteiger partial charge in [0.05, 0.1) is 17.8 Å². The molecule has 4 nitrogen and oxygen atoms in total. The Kier molecular flexibility index (Phi) is 9.70. The number of fused-ring (bicyclic) bond motifs is 1. The standard InChI is InChI=1S/C23H25NO3.C2H6/c1-2-26-23(25)10-6-3-7-18-11-15-21(16-12-18)27-17-20-14-13-19-8-4-5-9-22(19)24-20;1-2/h4-5,8-9,11-16H,2-3,6-7,10,17H2,1H3;1-2H3. The number of aryl methyl sites for hydroxylation is 1. The van der Waals surface area contributed by atoms with E-state index in [0.717, 1.165) is 41.6 Å². The fraction of sp³-hybridized carbons (Fsp3) is 0.360. The number of aromatic nitrogens is 1. The van der Waals surface area contributed by atoms with Crippen LogP contribution in [0.1, 0.15) is 51.3 Å². The average Bonchev–Trinajstić information content (AvgIpc) is 2.77. The zero-order valence-corrected chi connectivity index (χ0v) is 17.7. The van der Waals surface area contributed by atoms with Gasteiger partial charge in [0, 0.05) is 11.8 Å². The van der Waals surface area contributed by atoms with Crippen molar-refractivity contribution < 1.29 is 14.3 Å². The highest BCUT2D eigenvalue weighted by molar-refractivity contribution is 5.78. The van der Waals surface area contributed by atoms with Crippen LogP contribution in [-0.2, 0) is 22.6 Å². The van der Waals surface area contributed by atoms with Gasteiger partial charge in [0.2, 0.25) is 0 Å². The number of ether oxygens (including phenoxy) is 2. The SMILES string of the molecule is CC.CCOC(=O)CCCCc1ccc(OCc2ccc3ccccc3n2)cc1. The molecular weight excluding hydrogens is 362 g/mol. The lowest BCUT2D eigenvalue weighted by Crippen LogP contribution is -2.03. The van der Waals surface area contributed by atoms with Gasteiger partial charge in [0.25, 0.3) is 0 Å². The van der Waals surface area contributed by atoms with E-state index < -0.39 is 0 Å². The van der Waals surface area contributed by atoms with Gasteiger partial charge in [-0.05, 0) is 56.0 Å². The average molecular weight is 394 g/mol. The molecule has 0 radical (unpaired) electrons. The van der Waals surface area contributed by atoms with Crippen LogP contribution in [0.4, 0.5) is 0 Å². The van der Waals surface area contributed by atoms with Crippen LogP contribution in [0.5, 0.6) is 5.75 Å². The molecule has 0 aliphatic rings. The lowest BCUT2D eigenvalue weighted by Gasteiger charge is -2.08. The van der Waals surface area contributed by atoms with Gasteiger partial charge >= 0.3 is 5.97 Å². The van der Waals surface area contributed by atoms with E-state index in [2.05, 4.69) is 29.2 Å². The topological polar surface area (TPSA) is 48.4 Å². The molecule has 0 aliphatic carbocycles. The summed E-state index contributed by atoms with van der Waals surface area (Å²) in [6, 6.07) is 20.3. The maximum Gasteiger partial charge on any atom is 0.305 e. The van der Waals surface area contributed by atoms with Crippen LogP contribution >= 0.6 is 0 Å². The number of nitrogens with zero attached hydrogens (tertiary/aromatic N) is 1. The maximum atomic E-state index is 11.3. The minimum absolute atomic E-state index is 0.108. The van der Waals surface area contributed by atoms with E-state index in [1.165, 1.54) is 5.56 Å². The van der Waals surface area contributed by atoms with Gasteiger partial charge in [-0.2, -0.15) is 0 Å². The molecule has 0 spiro atoms. The van der Waals surface area contributed by atoms with E-state index in [4.69, 9.17) is 9.47 Å². The predicted molar refractivity (Wildman–Crippen MR) is 118 cm³/mol. The van der Waals surface area contributed by atoms with Gasteiger partial charge in [-0.3, -0.25) is 4.79 Å². The lowest BCUT2D eigenvalue weighted by molar-refractivity contribution is -0.143. The molecule has 3 rings (SSSR count). The van der Waals surface area contributed by atoms with Crippen molar-refractivity contribution in [2.45, 2.75) is 53.1 Å². The van der Waals surface area contributed by atoms with Crippen LogP contribution in [0.25, 0.3) is 10.9 Å². The normalized spacial score (nSPS) is 10.2. The minimum atomic E-state index is -0.108. The summed E-state index contributed by atoms with van der Waals surface area (Å²) in [5.41, 5.74) is 3.14. The van der Waals surface area contributed by atoms with Gasteiger partial charge in [-0.15, -0.1) is 0 Å². The van der Waals surface area contributed by atoms with Gasteiger partial charge in [0.15, 0.2) is 0 Å². The van der Waals surface area contributed by atoms with E-state index in [-0.39, 0.29) is 5.97 Å². The summed E-state index contributed by atoms with van der Waals surface area (Å²) in [4.78, 5) is 15.9. The third-order valence-corrected chi connectivity index (χ3v) is 4.37. The number of pyridine rings is 1. The Morgan fingerprint density at radius 2 is 1.69 bits per heavy atom. The number of rotatable bonds is 9. The summed E-state index contributed by atoms with van der Waals surface area (Å²) < 4.78 is 10.8. The highest BCUT2D eigenvalue weighted by Gasteiger charge is 2.03. The van der Waals surface area contributed by atoms with Gasteiger partial charge in [-0.1, -0.05) is 50.2 Å². The molecule has 0 bridgehead atoms. The Morgan fingerprint density at radius 3 is 2.45 bits per heavy atom. The molecule has 0 unspecified atom stereocenters. The zero-order chi connectivity index (χ0) is 20.9. The molecule has 4 heteroatoms. The van der Waals surface area contributed by atoms with Crippen molar-refractivity contribution in [2.24, 2.45) is 0 Å². The molecule has 3 aromatic rings. The molecule has 0 amide bonds. The van der Waals surface area contributed by atoms with E-state index in [1.807, 2.05) is 57.2 Å². The molecular formula is C25H31NO3. The molecule has 2 aromatic carbocycles. The monoisotopic (exact) mass is 393 g/mol. The molecule has 154 valence electrons. The predicted octanol–water partition coefficient (Wildman–Crippen LogP) is 6.12. The highest BCUT2D eigenvalue weighted by Crippen LogP contribution is 2.17. The Labute approximate surface area is 173 Å². The first-order chi connectivity index (χ1) is 14.2. The first-order valence-electron chi connectivity index (χ1n) is 10.5. The van der Waals surface area contributed by atoms with E-state index >= 15 is 0 Å². The van der Waals surface area contributed by atoms with Crippen molar-refractivity contribution in [3.8, 4) is 5.75 Å². The Hall–Kier alpha value is -2.88. The fourth-order valence-electron chi connectivity index (χ4n) is 2.93. The summed E-state index contributed by atoms with van der Waals surface area (Å²) in [5, 5.41) is 1.13. The number of unbranched alkanes of at least 4 members (excludes halogenated alkanes) is 1. The van der Waals surface area contributed by atoms with Crippen molar-refractivity contribution in [3.63, 3.8) is 0 Å². The van der Waals surface area contributed by atoms with Crippen molar-refractivity contribution in [2.75, 3.05) is 6.61 Å². The van der Waals surface area contributed by atoms with Crippen molar-refractivity contribution in [1.82, 2.24) is 4.98 Å². The van der Waals surface area contributed by atoms with Gasteiger partial charge in [0.1, 0.15) is 12.4 Å². The molecule has 1 aromatic heterocycles. The molecule has 0 saturated heterocycles. The Balaban J connectivity index is 0.00000145. The Morgan fingerprint density at radius 1 is 0.931 bits per heavy atom. The van der Waals surface area contributed by atoms with Crippen LogP contribution in [-0.4, -0.2) is 17.6 Å². The molecule has 0 N–H and O–H groups in total. The second-order valence-corrected chi connectivity index (χ2v) is 6.44. The number of esters is 1. The number of hydrogen-bond acceptors (Lipinski definition) is 4. The molecule has 0 saturated carbocycles. The van der Waals surface area contributed by atoms with Crippen LogP contribution in [0.3, 0.4) is 0 Å². The highest BCUT2D eigenvalue weighted by atomic mass is 16.5. The number of hydrogen-bond donors (Lipinski definition) is 0. The largest absolute Gasteiger partial charge is 0.487 e. The molecule has 0 fully saturated rings. The number of carbonyl (C=O) groups is 1. The molecule has 29 heavy (non-hydrogen) atoms. The maximum absolute atomic E-state index is 11.3. The van der Waals surface area contributed by atoms with Gasteiger partial charge < -0.3 is 9.47 Å². The minimum Gasteiger partial charge on any atom is -0.487 e. The summed E-state index contributed by atoms with van der Waals surface area (Å²) in [5.74, 6) is 0.726. The third kappa shape index (κ3) is 7.57. The van der Waals surface area contributed by atoms with E-state index in [0.29, 0.717) is 19.6 Å². The lowest BCUT2D eigenvalue weighted by atomic mass is 10.1. The fourth-order valence-corrected chi connectivity index (χ4v) is 2.93. The summed E-state index contributed by atoms with van der Waals surface area (Å²) in [7, 11) is 0. The van der Waals surface area contributed by atoms with Crippen molar-refractivity contribution in [1.29, 1.82) is 0 Å². The van der Waals surface area contributed by atoms with Crippen molar-refractivity contribution in [3.05, 3.63) is 71.9 Å². The second-order valence-electron chi connectivity index (χ2n) is 6.44. The third-order valence-electron chi connectivity index (χ3n) is 4.37. The summed E-state index contributed by atoms with van der Waals surface area (Å²) in [6.45, 7) is 6.73. The van der Waals surface area contributed by atoms with Crippen LogP contribution in [0, 0.1) is 0 Å². The van der Waals surface area contributed by atoms with Crippen molar-refractivity contribution >= 4 is 16.9 Å². The molecule has 0 atom stereocenters. The molecule has 1 heterocycles. The van der Waals surface area contributed by atoms with E-state index in [1.54, 1.807) is 0 Å². The second kappa shape index (κ2) is 12.6. The first-order valence-corrected chi connectivity index (χ1v) is 10.5. The smallest absolute Gasteiger partial charge is 0.305 e. The number of benzene rings is 2. The summed E-state index contributed by atoms with van der Waals surface area (Å²) in [6.07, 6.45) is 3.27. The van der Waals surface area contributed by atoms with Crippen LogP contribution in [0.15, 0.2) is 60.7 Å². The number of para-hydroxylation sites is 1. The van der Waals surface area contributed by atoms with Crippen LogP contribution in [0.2, 0.25) is 0 Å². The Bertz CT molecular complexity index is 875. The number of carbonyl (C=O) groups excluding carboxylic acids is 1. The van der Waals surface area contributed by atoms with Crippen LogP contribution < -0.4 is 4.74 Å². The zero-order valence-electron chi connectivity index (χ0n) is 17.7. The first kappa shape index (κ1) is 22.4. The summed E-state index contributed by atoms with van der Waals surface area (Å²) >= 11 is 0. The quantitative estimate of drug-likeness (QED) is 0.325.